The Balaban J connectivity index is 1.34. The minimum atomic E-state index is -4.39. The van der Waals surface area contributed by atoms with Crippen LogP contribution in [0, 0.1) is 5.92 Å². The van der Waals surface area contributed by atoms with Gasteiger partial charge in [-0.2, -0.15) is 13.2 Å². The normalized spacial score (nSPS) is 21.3. The highest BCUT2D eigenvalue weighted by atomic mass is 19.4. The molecule has 1 aromatic rings. The number of pyridine rings is 1. The van der Waals surface area contributed by atoms with Gasteiger partial charge in [0.1, 0.15) is 5.82 Å². The lowest BCUT2D eigenvalue weighted by Gasteiger charge is -2.41. The molecule has 0 radical (unpaired) electrons. The third kappa shape index (κ3) is 4.96. The van der Waals surface area contributed by atoms with Crippen molar-refractivity contribution in [3.8, 4) is 0 Å². The van der Waals surface area contributed by atoms with Gasteiger partial charge in [-0.25, -0.2) is 4.98 Å². The van der Waals surface area contributed by atoms with Crippen LogP contribution in [-0.2, 0) is 15.8 Å². The number of carbonyl (C=O) groups excluding carboxylic acids is 2. The first kappa shape index (κ1) is 21.9. The molecule has 0 bridgehead atoms. The highest BCUT2D eigenvalue weighted by Gasteiger charge is 2.41. The van der Waals surface area contributed by atoms with Crippen LogP contribution in [0.4, 0.5) is 19.0 Å². The Hall–Kier alpha value is -2.32. The molecule has 1 aromatic heterocycles. The van der Waals surface area contributed by atoms with Crippen molar-refractivity contribution in [2.24, 2.45) is 5.92 Å². The van der Waals surface area contributed by atoms with Gasteiger partial charge in [0.15, 0.2) is 0 Å². The van der Waals surface area contributed by atoms with Gasteiger partial charge in [-0.1, -0.05) is 0 Å². The van der Waals surface area contributed by atoms with Gasteiger partial charge in [0.05, 0.1) is 5.56 Å². The predicted molar refractivity (Wildman–Crippen MR) is 109 cm³/mol. The fourth-order valence-electron chi connectivity index (χ4n) is 4.78. The first-order valence-corrected chi connectivity index (χ1v) is 11.1. The fourth-order valence-corrected chi connectivity index (χ4v) is 4.78. The van der Waals surface area contributed by atoms with Crippen LogP contribution >= 0.6 is 0 Å². The maximum atomic E-state index is 13.4. The van der Waals surface area contributed by atoms with E-state index in [9.17, 15) is 22.8 Å². The minimum absolute atomic E-state index is 0.0582. The van der Waals surface area contributed by atoms with Crippen molar-refractivity contribution in [1.82, 2.24) is 14.8 Å². The molecule has 3 aliphatic rings. The molecule has 1 aliphatic carbocycles. The topological polar surface area (TPSA) is 56.8 Å². The van der Waals surface area contributed by atoms with Crippen LogP contribution in [0.5, 0.6) is 0 Å². The Morgan fingerprint density at radius 1 is 0.968 bits per heavy atom. The van der Waals surface area contributed by atoms with E-state index in [2.05, 4.69) is 9.88 Å². The predicted octanol–water partition coefficient (Wildman–Crippen LogP) is 3.32. The Bertz CT molecular complexity index is 794. The number of nitrogens with zero attached hydrogens (tertiary/aromatic N) is 4. The van der Waals surface area contributed by atoms with Crippen molar-refractivity contribution < 1.29 is 22.8 Å². The van der Waals surface area contributed by atoms with Gasteiger partial charge in [-0.15, -0.1) is 0 Å². The molecule has 0 atom stereocenters. The van der Waals surface area contributed by atoms with Gasteiger partial charge in [0.25, 0.3) is 0 Å². The Morgan fingerprint density at radius 2 is 1.58 bits per heavy atom. The zero-order valence-corrected chi connectivity index (χ0v) is 17.8. The summed E-state index contributed by atoms with van der Waals surface area (Å²) in [5, 5.41) is 0. The summed E-state index contributed by atoms with van der Waals surface area (Å²) < 4.78 is 38.2. The monoisotopic (exact) mass is 438 g/mol. The second kappa shape index (κ2) is 8.67. The summed E-state index contributed by atoms with van der Waals surface area (Å²) >= 11 is 0. The molecule has 3 heterocycles. The molecule has 0 unspecified atom stereocenters. The van der Waals surface area contributed by atoms with Gasteiger partial charge >= 0.3 is 6.18 Å². The minimum Gasteiger partial charge on any atom is -0.357 e. The van der Waals surface area contributed by atoms with Gasteiger partial charge in [0, 0.05) is 57.3 Å². The number of aromatic nitrogens is 1. The van der Waals surface area contributed by atoms with Crippen LogP contribution in [0.2, 0.25) is 0 Å². The molecule has 0 N–H and O–H groups in total. The van der Waals surface area contributed by atoms with Crippen molar-refractivity contribution in [3.05, 3.63) is 23.9 Å². The van der Waals surface area contributed by atoms with Gasteiger partial charge < -0.3 is 14.7 Å². The van der Waals surface area contributed by atoms with Crippen LogP contribution in [0.25, 0.3) is 0 Å². The highest BCUT2D eigenvalue weighted by Crippen LogP contribution is 2.35. The Kier molecular flexibility index (Phi) is 6.12. The molecule has 0 aromatic carbocycles. The lowest BCUT2D eigenvalue weighted by atomic mass is 9.93. The summed E-state index contributed by atoms with van der Waals surface area (Å²) in [4.78, 5) is 34.9. The summed E-state index contributed by atoms with van der Waals surface area (Å²) in [6.45, 7) is 4.21. The Labute approximate surface area is 180 Å². The van der Waals surface area contributed by atoms with Gasteiger partial charge in [0.2, 0.25) is 11.8 Å². The molecule has 31 heavy (non-hydrogen) atoms. The van der Waals surface area contributed by atoms with Crippen LogP contribution in [0.3, 0.4) is 0 Å². The first-order chi connectivity index (χ1) is 14.7. The maximum absolute atomic E-state index is 13.4. The van der Waals surface area contributed by atoms with E-state index in [1.165, 1.54) is 6.07 Å². The van der Waals surface area contributed by atoms with Crippen molar-refractivity contribution in [2.75, 3.05) is 31.1 Å². The van der Waals surface area contributed by atoms with E-state index < -0.39 is 11.7 Å². The van der Waals surface area contributed by atoms with Crippen molar-refractivity contribution >= 4 is 17.6 Å². The van der Waals surface area contributed by atoms with E-state index >= 15 is 0 Å². The molecular formula is C22H29F3N4O2. The third-order valence-corrected chi connectivity index (χ3v) is 6.74. The highest BCUT2D eigenvalue weighted by molar-refractivity contribution is 5.80. The number of anilines is 1. The van der Waals surface area contributed by atoms with E-state index in [-0.39, 0.29) is 23.8 Å². The molecule has 2 aliphatic heterocycles. The van der Waals surface area contributed by atoms with E-state index in [0.29, 0.717) is 50.9 Å². The number of hydrogen-bond acceptors (Lipinski definition) is 4. The summed E-state index contributed by atoms with van der Waals surface area (Å²) in [5.41, 5.74) is -0.753. The first-order valence-electron chi connectivity index (χ1n) is 11.1. The molecular weight excluding hydrogens is 409 g/mol. The van der Waals surface area contributed by atoms with Crippen molar-refractivity contribution in [3.63, 3.8) is 0 Å². The van der Waals surface area contributed by atoms with E-state index in [0.717, 1.165) is 37.9 Å². The molecule has 2 saturated heterocycles. The summed E-state index contributed by atoms with van der Waals surface area (Å²) in [7, 11) is 0. The second-order valence-corrected chi connectivity index (χ2v) is 8.88. The molecule has 4 rings (SSSR count). The molecule has 9 heteroatoms. The van der Waals surface area contributed by atoms with Crippen LogP contribution in [0.15, 0.2) is 18.3 Å². The lowest BCUT2D eigenvalue weighted by molar-refractivity contribution is -0.141. The smallest absolute Gasteiger partial charge is 0.357 e. The molecule has 2 amide bonds. The largest absolute Gasteiger partial charge is 0.417 e. The summed E-state index contributed by atoms with van der Waals surface area (Å²) in [6, 6.07) is 2.99. The molecule has 6 nitrogen and oxygen atoms in total. The number of alkyl halides is 3. The quantitative estimate of drug-likeness (QED) is 0.724. The molecule has 0 spiro atoms. The lowest BCUT2D eigenvalue weighted by Crippen LogP contribution is -2.52. The van der Waals surface area contributed by atoms with Gasteiger partial charge in [-0.05, 0) is 50.7 Å². The standard InChI is InChI=1S/C22H29F3N4O2/c1-15(30)27-12-8-19(9-13-27)29(18-3-4-18)21(31)16-6-10-28(11-7-16)20-5-2-17(14-26-20)22(23,24)25/h2,5,14,16,18-19H,3-4,6-13H2,1H3. The number of likely N-dealkylation sites (tertiary alicyclic amines) is 1. The van der Waals surface area contributed by atoms with Crippen LogP contribution < -0.4 is 4.90 Å². The average molecular weight is 438 g/mol. The van der Waals surface area contributed by atoms with Gasteiger partial charge in [-0.3, -0.25) is 9.59 Å². The molecule has 3 fully saturated rings. The number of carbonyl (C=O) groups is 2. The number of piperidine rings is 2. The fraction of sp³-hybridized carbons (Fsp3) is 0.682. The molecule has 1 saturated carbocycles. The van der Waals surface area contributed by atoms with Crippen molar-refractivity contribution in [1.29, 1.82) is 0 Å². The number of hydrogen-bond donors (Lipinski definition) is 0. The number of amides is 2. The maximum Gasteiger partial charge on any atom is 0.417 e. The third-order valence-electron chi connectivity index (χ3n) is 6.74. The van der Waals surface area contributed by atoms with E-state index in [1.807, 2.05) is 9.80 Å². The summed E-state index contributed by atoms with van der Waals surface area (Å²) in [5.74, 6) is 0.766. The van der Waals surface area contributed by atoms with E-state index in [1.54, 1.807) is 6.92 Å². The zero-order chi connectivity index (χ0) is 22.2. The molecule has 170 valence electrons. The SMILES string of the molecule is CC(=O)N1CCC(N(C(=O)C2CCN(c3ccc(C(F)(F)F)cn3)CC2)C2CC2)CC1. The number of rotatable bonds is 4. The number of halogens is 3. The van der Waals surface area contributed by atoms with Crippen LogP contribution in [0.1, 0.15) is 51.0 Å². The average Bonchev–Trinajstić information content (AvgIpc) is 3.59. The van der Waals surface area contributed by atoms with E-state index in [4.69, 9.17) is 0 Å². The zero-order valence-electron chi connectivity index (χ0n) is 17.8. The summed E-state index contributed by atoms with van der Waals surface area (Å²) in [6.07, 6.45) is 1.59. The van der Waals surface area contributed by atoms with Crippen LogP contribution in [-0.4, -0.2) is 64.9 Å². The second-order valence-electron chi connectivity index (χ2n) is 8.88. The van der Waals surface area contributed by atoms with Crippen molar-refractivity contribution in [2.45, 2.75) is 63.7 Å². The Morgan fingerprint density at radius 3 is 2.06 bits per heavy atom.